The van der Waals surface area contributed by atoms with Crippen LogP contribution in [0.15, 0.2) is 18.2 Å². The average molecular weight is 250 g/mol. The fourth-order valence-electron chi connectivity index (χ4n) is 1.11. The standard InChI is InChI=1S/C10H9F3O4/c1-16-9(15)8-6(14)3-2-4-7(8)17-5-10(11,12)13/h2-4,14H,5H2,1H3. The van der Waals surface area contributed by atoms with E-state index in [1.165, 1.54) is 6.07 Å². The Morgan fingerprint density at radius 2 is 2.06 bits per heavy atom. The van der Waals surface area contributed by atoms with E-state index in [-0.39, 0.29) is 5.75 Å². The van der Waals surface area contributed by atoms with Crippen molar-refractivity contribution in [2.75, 3.05) is 13.7 Å². The molecule has 1 rings (SSSR count). The summed E-state index contributed by atoms with van der Waals surface area (Å²) in [5, 5.41) is 9.36. The summed E-state index contributed by atoms with van der Waals surface area (Å²) in [7, 11) is 1.04. The van der Waals surface area contributed by atoms with E-state index in [1.54, 1.807) is 0 Å². The fourth-order valence-corrected chi connectivity index (χ4v) is 1.11. The number of aromatic hydroxyl groups is 1. The molecule has 1 aromatic rings. The molecule has 1 aromatic carbocycles. The number of alkyl halides is 3. The van der Waals surface area contributed by atoms with E-state index in [1.807, 2.05) is 0 Å². The Bertz CT molecular complexity index is 415. The normalized spacial score (nSPS) is 11.1. The van der Waals surface area contributed by atoms with Gasteiger partial charge in [-0.2, -0.15) is 13.2 Å². The first-order chi connectivity index (χ1) is 7.85. The first kappa shape index (κ1) is 13.1. The Balaban J connectivity index is 2.99. The Hall–Kier alpha value is -1.92. The number of rotatable bonds is 3. The van der Waals surface area contributed by atoms with Crippen LogP contribution in [0.4, 0.5) is 13.2 Å². The van der Waals surface area contributed by atoms with Crippen LogP contribution in [0, 0.1) is 0 Å². The van der Waals surface area contributed by atoms with Crippen molar-refractivity contribution >= 4 is 5.97 Å². The van der Waals surface area contributed by atoms with E-state index in [0.717, 1.165) is 19.2 Å². The van der Waals surface area contributed by atoms with Gasteiger partial charge in [-0.15, -0.1) is 0 Å². The highest BCUT2D eigenvalue weighted by Gasteiger charge is 2.29. The number of carbonyl (C=O) groups is 1. The largest absolute Gasteiger partial charge is 0.507 e. The lowest BCUT2D eigenvalue weighted by Gasteiger charge is -2.12. The number of benzene rings is 1. The molecule has 0 aliphatic rings. The van der Waals surface area contributed by atoms with E-state index in [9.17, 15) is 23.1 Å². The Morgan fingerprint density at radius 1 is 1.41 bits per heavy atom. The molecule has 1 N–H and O–H groups in total. The molecule has 0 unspecified atom stereocenters. The van der Waals surface area contributed by atoms with Crippen molar-refractivity contribution in [3.8, 4) is 11.5 Å². The first-order valence-corrected chi connectivity index (χ1v) is 4.45. The van der Waals surface area contributed by atoms with Crippen LogP contribution in [-0.2, 0) is 4.74 Å². The number of carbonyl (C=O) groups excluding carboxylic acids is 1. The summed E-state index contributed by atoms with van der Waals surface area (Å²) in [5.74, 6) is -1.86. The van der Waals surface area contributed by atoms with Gasteiger partial charge in [-0.05, 0) is 12.1 Å². The van der Waals surface area contributed by atoms with E-state index >= 15 is 0 Å². The molecule has 4 nitrogen and oxygen atoms in total. The van der Waals surface area contributed by atoms with Crippen LogP contribution in [0.1, 0.15) is 10.4 Å². The zero-order chi connectivity index (χ0) is 13.1. The van der Waals surface area contributed by atoms with Crippen LogP contribution >= 0.6 is 0 Å². The summed E-state index contributed by atoms with van der Waals surface area (Å²) in [6, 6.07) is 3.54. The Kier molecular flexibility index (Phi) is 3.82. The second-order valence-corrected chi connectivity index (χ2v) is 3.05. The van der Waals surface area contributed by atoms with Crippen molar-refractivity contribution in [2.45, 2.75) is 6.18 Å². The molecule has 0 aliphatic carbocycles. The summed E-state index contributed by atoms with van der Waals surface area (Å²) in [5.41, 5.74) is -0.431. The van der Waals surface area contributed by atoms with E-state index < -0.39 is 30.1 Å². The van der Waals surface area contributed by atoms with Crippen LogP contribution in [0.2, 0.25) is 0 Å². The summed E-state index contributed by atoms with van der Waals surface area (Å²) in [6.07, 6.45) is -4.53. The maximum atomic E-state index is 12.0. The van der Waals surface area contributed by atoms with Crippen LogP contribution in [0.25, 0.3) is 0 Å². The molecule has 17 heavy (non-hydrogen) atoms. The molecule has 0 spiro atoms. The maximum Gasteiger partial charge on any atom is 0.422 e. The van der Waals surface area contributed by atoms with E-state index in [4.69, 9.17) is 0 Å². The molecular formula is C10H9F3O4. The highest BCUT2D eigenvalue weighted by Crippen LogP contribution is 2.29. The number of phenolic OH excluding ortho intramolecular Hbond substituents is 1. The van der Waals surface area contributed by atoms with Crippen LogP contribution in [0.3, 0.4) is 0 Å². The number of ether oxygens (including phenoxy) is 2. The zero-order valence-electron chi connectivity index (χ0n) is 8.75. The highest BCUT2D eigenvalue weighted by molar-refractivity contribution is 5.95. The molecular weight excluding hydrogens is 241 g/mol. The second kappa shape index (κ2) is 4.94. The number of hydrogen-bond donors (Lipinski definition) is 1. The predicted octanol–water partition coefficient (Wildman–Crippen LogP) is 2.12. The third kappa shape index (κ3) is 3.54. The number of esters is 1. The lowest BCUT2D eigenvalue weighted by Crippen LogP contribution is -2.20. The van der Waals surface area contributed by atoms with Crippen molar-refractivity contribution in [3.05, 3.63) is 23.8 Å². The van der Waals surface area contributed by atoms with Gasteiger partial charge in [-0.1, -0.05) is 6.07 Å². The van der Waals surface area contributed by atoms with Gasteiger partial charge in [-0.3, -0.25) is 0 Å². The van der Waals surface area contributed by atoms with Gasteiger partial charge < -0.3 is 14.6 Å². The Labute approximate surface area is 94.6 Å². The fraction of sp³-hybridized carbons (Fsp3) is 0.300. The molecule has 0 aromatic heterocycles. The van der Waals surface area contributed by atoms with Gasteiger partial charge in [0.25, 0.3) is 0 Å². The smallest absolute Gasteiger partial charge is 0.422 e. The monoisotopic (exact) mass is 250 g/mol. The van der Waals surface area contributed by atoms with Crippen LogP contribution < -0.4 is 4.74 Å². The molecule has 0 bridgehead atoms. The highest BCUT2D eigenvalue weighted by atomic mass is 19.4. The molecule has 94 valence electrons. The van der Waals surface area contributed by atoms with Gasteiger partial charge in [0.2, 0.25) is 0 Å². The molecule has 7 heteroatoms. The van der Waals surface area contributed by atoms with Crippen molar-refractivity contribution in [2.24, 2.45) is 0 Å². The lowest BCUT2D eigenvalue weighted by molar-refractivity contribution is -0.153. The summed E-state index contributed by atoms with van der Waals surface area (Å²) < 4.78 is 44.6. The summed E-state index contributed by atoms with van der Waals surface area (Å²) in [4.78, 5) is 11.2. The molecule has 0 fully saturated rings. The lowest BCUT2D eigenvalue weighted by atomic mass is 10.2. The number of hydrogen-bond acceptors (Lipinski definition) is 4. The van der Waals surface area contributed by atoms with Crippen molar-refractivity contribution in [1.82, 2.24) is 0 Å². The average Bonchev–Trinajstić information content (AvgIpc) is 2.24. The minimum atomic E-state index is -4.53. The van der Waals surface area contributed by atoms with Gasteiger partial charge in [0.15, 0.2) is 6.61 Å². The molecule has 0 aliphatic heterocycles. The van der Waals surface area contributed by atoms with Gasteiger partial charge in [0.05, 0.1) is 7.11 Å². The molecule has 0 atom stereocenters. The van der Waals surface area contributed by atoms with Crippen molar-refractivity contribution < 1.29 is 32.5 Å². The summed E-state index contributed by atoms with van der Waals surface area (Å²) in [6.45, 7) is -1.56. The number of halogens is 3. The third-order valence-corrected chi connectivity index (χ3v) is 1.79. The van der Waals surface area contributed by atoms with Crippen LogP contribution in [0.5, 0.6) is 11.5 Å². The third-order valence-electron chi connectivity index (χ3n) is 1.79. The van der Waals surface area contributed by atoms with Crippen molar-refractivity contribution in [1.29, 1.82) is 0 Å². The predicted molar refractivity (Wildman–Crippen MR) is 51.0 cm³/mol. The topological polar surface area (TPSA) is 55.8 Å². The maximum absolute atomic E-state index is 12.0. The minimum absolute atomic E-state index is 0.380. The quantitative estimate of drug-likeness (QED) is 0.835. The van der Waals surface area contributed by atoms with Gasteiger partial charge in [0, 0.05) is 0 Å². The SMILES string of the molecule is COC(=O)c1c(O)cccc1OCC(F)(F)F. The number of methoxy groups -OCH3 is 1. The van der Waals surface area contributed by atoms with E-state index in [0.29, 0.717) is 0 Å². The number of phenols is 1. The van der Waals surface area contributed by atoms with E-state index in [2.05, 4.69) is 9.47 Å². The molecule has 0 radical (unpaired) electrons. The zero-order valence-corrected chi connectivity index (χ0v) is 8.75. The van der Waals surface area contributed by atoms with Gasteiger partial charge in [-0.25, -0.2) is 4.79 Å². The molecule has 0 saturated heterocycles. The first-order valence-electron chi connectivity index (χ1n) is 4.45. The second-order valence-electron chi connectivity index (χ2n) is 3.05. The molecule has 0 heterocycles. The molecule has 0 saturated carbocycles. The minimum Gasteiger partial charge on any atom is -0.507 e. The van der Waals surface area contributed by atoms with Gasteiger partial charge in [0.1, 0.15) is 17.1 Å². The molecule has 0 amide bonds. The van der Waals surface area contributed by atoms with Crippen molar-refractivity contribution in [3.63, 3.8) is 0 Å². The van der Waals surface area contributed by atoms with Crippen LogP contribution in [-0.4, -0.2) is 31.0 Å². The Morgan fingerprint density at radius 3 is 2.59 bits per heavy atom. The van der Waals surface area contributed by atoms with Gasteiger partial charge >= 0.3 is 12.1 Å². The summed E-state index contributed by atoms with van der Waals surface area (Å²) >= 11 is 0.